The van der Waals surface area contributed by atoms with Crippen LogP contribution in [-0.2, 0) is 17.9 Å². The number of allylic oxidation sites excluding steroid dienone is 1. The fourth-order valence-electron chi connectivity index (χ4n) is 4.02. The fourth-order valence-corrected chi connectivity index (χ4v) is 4.22. The summed E-state index contributed by atoms with van der Waals surface area (Å²) in [6.45, 7) is 3.93. The van der Waals surface area contributed by atoms with Crippen LogP contribution in [0.2, 0.25) is 5.02 Å². The number of carbonyl (C=O) groups is 2. The van der Waals surface area contributed by atoms with Gasteiger partial charge in [-0.1, -0.05) is 36.7 Å². The van der Waals surface area contributed by atoms with Crippen LogP contribution in [0.1, 0.15) is 58.2 Å². The smallest absolute Gasteiger partial charge is 0.270 e. The number of Topliss-reactive ketones (excluding diaryl/α,β-unsaturated/α-hetero) is 1. The number of amides is 1. The Morgan fingerprint density at radius 3 is 2.65 bits per heavy atom. The van der Waals surface area contributed by atoms with Gasteiger partial charge in [-0.3, -0.25) is 9.59 Å². The van der Waals surface area contributed by atoms with E-state index in [1.54, 1.807) is 30.3 Å². The lowest BCUT2D eigenvalue weighted by Crippen LogP contribution is -2.26. The molecule has 37 heavy (non-hydrogen) atoms. The van der Waals surface area contributed by atoms with Crippen LogP contribution in [0.25, 0.3) is 5.70 Å². The van der Waals surface area contributed by atoms with Crippen LogP contribution in [0, 0.1) is 11.2 Å². The predicted octanol–water partition coefficient (Wildman–Crippen LogP) is 4.41. The second-order valence-corrected chi connectivity index (χ2v) is 9.05. The van der Waals surface area contributed by atoms with Gasteiger partial charge in [-0.2, -0.15) is 0 Å². The van der Waals surface area contributed by atoms with Gasteiger partial charge in [0.2, 0.25) is 0 Å². The highest BCUT2D eigenvalue weighted by molar-refractivity contribution is 6.30. The van der Waals surface area contributed by atoms with E-state index in [0.29, 0.717) is 29.1 Å². The van der Waals surface area contributed by atoms with Crippen molar-refractivity contribution in [1.29, 1.82) is 5.41 Å². The van der Waals surface area contributed by atoms with Gasteiger partial charge in [0, 0.05) is 36.3 Å². The summed E-state index contributed by atoms with van der Waals surface area (Å²) in [7, 11) is 0. The first-order valence-electron chi connectivity index (χ1n) is 11.6. The summed E-state index contributed by atoms with van der Waals surface area (Å²) < 4.78 is 18.9. The minimum Gasteiger partial charge on any atom is -0.485 e. The molecule has 4 rings (SSSR count). The molecule has 3 aromatic rings. The topological polar surface area (TPSA) is 117 Å². The Labute approximate surface area is 218 Å². The van der Waals surface area contributed by atoms with Gasteiger partial charge in [-0.05, 0) is 42.3 Å². The summed E-state index contributed by atoms with van der Waals surface area (Å²) in [6.07, 6.45) is 4.46. The van der Waals surface area contributed by atoms with Crippen molar-refractivity contribution in [2.24, 2.45) is 0 Å². The Kier molecular flexibility index (Phi) is 7.93. The summed E-state index contributed by atoms with van der Waals surface area (Å²) in [4.78, 5) is 32.9. The first-order valence-corrected chi connectivity index (χ1v) is 11.9. The van der Waals surface area contributed by atoms with Crippen molar-refractivity contribution < 1.29 is 18.7 Å². The molecule has 0 saturated heterocycles. The number of nitrogens with one attached hydrogen (secondary N) is 3. The number of ketones is 1. The normalized spacial score (nSPS) is 13.9. The first-order chi connectivity index (χ1) is 17.8. The SMILES string of the molecule is CC(=O)COc1ccc(CNC(=O)c2ncnc3c2C(C)C=C3NCc2ccc(F)c(Cl)c2)cc1C=N. The highest BCUT2D eigenvalue weighted by Crippen LogP contribution is 2.34. The minimum atomic E-state index is -0.473. The molecule has 0 aliphatic heterocycles. The number of benzene rings is 2. The molecular weight excluding hydrogens is 497 g/mol. The van der Waals surface area contributed by atoms with E-state index in [-0.39, 0.29) is 41.5 Å². The second-order valence-electron chi connectivity index (χ2n) is 8.65. The van der Waals surface area contributed by atoms with Crippen LogP contribution in [0.15, 0.2) is 48.8 Å². The molecule has 1 aliphatic rings. The molecule has 0 bridgehead atoms. The molecule has 1 unspecified atom stereocenters. The van der Waals surface area contributed by atoms with Gasteiger partial charge in [0.05, 0.1) is 16.4 Å². The Morgan fingerprint density at radius 2 is 1.92 bits per heavy atom. The van der Waals surface area contributed by atoms with E-state index in [1.165, 1.54) is 19.3 Å². The number of nitrogens with zero attached hydrogens (tertiary/aromatic N) is 2. The molecule has 1 heterocycles. The summed E-state index contributed by atoms with van der Waals surface area (Å²) in [5, 5.41) is 13.9. The lowest BCUT2D eigenvalue weighted by atomic mass is 10.0. The van der Waals surface area contributed by atoms with Crippen molar-refractivity contribution in [2.45, 2.75) is 32.9 Å². The Morgan fingerprint density at radius 1 is 1.16 bits per heavy atom. The number of carbonyl (C=O) groups excluding carboxylic acids is 2. The van der Waals surface area contributed by atoms with Crippen molar-refractivity contribution >= 4 is 35.2 Å². The van der Waals surface area contributed by atoms with Crippen LogP contribution >= 0.6 is 11.6 Å². The average molecular weight is 522 g/mol. The zero-order chi connectivity index (χ0) is 26.5. The maximum absolute atomic E-state index is 13.4. The minimum absolute atomic E-state index is 0.0562. The predicted molar refractivity (Wildman–Crippen MR) is 138 cm³/mol. The summed E-state index contributed by atoms with van der Waals surface area (Å²) in [5.41, 5.74) is 4.47. The van der Waals surface area contributed by atoms with Crippen molar-refractivity contribution in [1.82, 2.24) is 20.6 Å². The molecule has 0 saturated carbocycles. The number of fused-ring (bicyclic) bond motifs is 1. The van der Waals surface area contributed by atoms with Gasteiger partial charge in [-0.15, -0.1) is 0 Å². The number of aromatic nitrogens is 2. The van der Waals surface area contributed by atoms with Crippen LogP contribution < -0.4 is 15.4 Å². The molecule has 1 aromatic heterocycles. The molecule has 3 N–H and O–H groups in total. The highest BCUT2D eigenvalue weighted by atomic mass is 35.5. The van der Waals surface area contributed by atoms with Gasteiger partial charge in [0.1, 0.15) is 30.2 Å². The molecule has 10 heteroatoms. The molecule has 2 aromatic carbocycles. The maximum atomic E-state index is 13.4. The summed E-state index contributed by atoms with van der Waals surface area (Å²) >= 11 is 5.88. The summed E-state index contributed by atoms with van der Waals surface area (Å²) in [5.74, 6) is -0.611. The summed E-state index contributed by atoms with van der Waals surface area (Å²) in [6, 6.07) is 9.70. The van der Waals surface area contributed by atoms with E-state index in [0.717, 1.165) is 23.0 Å². The molecule has 0 radical (unpaired) electrons. The quantitative estimate of drug-likeness (QED) is 0.340. The molecule has 190 valence electrons. The number of hydrogen-bond donors (Lipinski definition) is 3. The third-order valence-corrected chi connectivity index (χ3v) is 6.10. The van der Waals surface area contributed by atoms with E-state index in [2.05, 4.69) is 20.6 Å². The van der Waals surface area contributed by atoms with Gasteiger partial charge >= 0.3 is 0 Å². The highest BCUT2D eigenvalue weighted by Gasteiger charge is 2.28. The Hall–Kier alpha value is -4.11. The molecule has 1 aliphatic carbocycles. The van der Waals surface area contributed by atoms with E-state index in [1.807, 2.05) is 13.0 Å². The van der Waals surface area contributed by atoms with Gasteiger partial charge in [0.25, 0.3) is 5.91 Å². The van der Waals surface area contributed by atoms with E-state index in [4.69, 9.17) is 21.7 Å². The number of rotatable bonds is 10. The lowest BCUT2D eigenvalue weighted by Gasteiger charge is -2.13. The molecule has 1 amide bonds. The van der Waals surface area contributed by atoms with E-state index in [9.17, 15) is 14.0 Å². The van der Waals surface area contributed by atoms with Crippen molar-refractivity contribution in [3.63, 3.8) is 0 Å². The van der Waals surface area contributed by atoms with Gasteiger partial charge in [0.15, 0.2) is 5.78 Å². The molecule has 0 spiro atoms. The lowest BCUT2D eigenvalue weighted by molar-refractivity contribution is -0.118. The number of ether oxygens (including phenoxy) is 1. The maximum Gasteiger partial charge on any atom is 0.270 e. The second kappa shape index (κ2) is 11.3. The van der Waals surface area contributed by atoms with Crippen molar-refractivity contribution in [3.8, 4) is 5.75 Å². The molecular formula is C27H25ClFN5O3. The largest absolute Gasteiger partial charge is 0.485 e. The van der Waals surface area contributed by atoms with Crippen molar-refractivity contribution in [3.05, 3.63) is 93.3 Å². The monoisotopic (exact) mass is 521 g/mol. The molecule has 8 nitrogen and oxygen atoms in total. The third-order valence-electron chi connectivity index (χ3n) is 5.81. The van der Waals surface area contributed by atoms with Crippen LogP contribution in [0.4, 0.5) is 4.39 Å². The van der Waals surface area contributed by atoms with Gasteiger partial charge < -0.3 is 20.8 Å². The van der Waals surface area contributed by atoms with Gasteiger partial charge in [-0.25, -0.2) is 14.4 Å². The van der Waals surface area contributed by atoms with E-state index < -0.39 is 5.82 Å². The van der Waals surface area contributed by atoms with Crippen molar-refractivity contribution in [2.75, 3.05) is 6.61 Å². The fraction of sp³-hybridized carbons (Fsp3) is 0.222. The number of halogens is 2. The Balaban J connectivity index is 1.44. The zero-order valence-corrected chi connectivity index (χ0v) is 21.0. The average Bonchev–Trinajstić information content (AvgIpc) is 3.22. The Bertz CT molecular complexity index is 1410. The first kappa shape index (κ1) is 26.0. The van der Waals surface area contributed by atoms with Crippen LogP contribution in [-0.4, -0.2) is 34.5 Å². The van der Waals surface area contributed by atoms with Crippen LogP contribution in [0.3, 0.4) is 0 Å². The van der Waals surface area contributed by atoms with E-state index >= 15 is 0 Å². The third kappa shape index (κ3) is 6.00. The molecule has 1 atom stereocenters. The van der Waals surface area contributed by atoms with Crippen LogP contribution in [0.5, 0.6) is 5.75 Å². The zero-order valence-electron chi connectivity index (χ0n) is 20.3. The standard InChI is InChI=1S/C27H25ClFN5O3/c1-15-7-22(31-11-18-3-5-21(29)20(28)9-18)25-24(15)26(34-14-33-25)27(36)32-12-17-4-6-23(19(8-17)10-30)37-13-16(2)35/h3-10,14-15,30-31H,11-13H2,1-2H3,(H,32,36). The molecule has 0 fully saturated rings. The number of hydrogen-bond acceptors (Lipinski definition) is 7.